The number of rotatable bonds is 9. The first-order valence-electron chi connectivity index (χ1n) is 16.2. The molecule has 13 nitrogen and oxygen atoms in total. The van der Waals surface area contributed by atoms with Gasteiger partial charge in [-0.25, -0.2) is 9.97 Å². The van der Waals surface area contributed by atoms with Gasteiger partial charge in [0.1, 0.15) is 0 Å². The van der Waals surface area contributed by atoms with Crippen LogP contribution in [0.25, 0.3) is 11.3 Å². The number of carbonyl (C=O) groups excluding carboxylic acids is 2. The maximum Gasteiger partial charge on any atom is 0.291 e. The predicted octanol–water partition coefficient (Wildman–Crippen LogP) is 3.16. The number of pyridine rings is 1. The van der Waals surface area contributed by atoms with E-state index >= 15 is 0 Å². The Hall–Kier alpha value is -4.14. The van der Waals surface area contributed by atoms with Crippen LogP contribution in [0.1, 0.15) is 63.4 Å². The molecule has 3 aromatic heterocycles. The van der Waals surface area contributed by atoms with Crippen molar-refractivity contribution in [1.29, 1.82) is 0 Å². The van der Waals surface area contributed by atoms with E-state index in [2.05, 4.69) is 35.4 Å². The monoisotopic (exact) mass is 675 g/mol. The highest BCUT2D eigenvalue weighted by Crippen LogP contribution is 2.36. The third-order valence-electron chi connectivity index (χ3n) is 9.10. The number of hydrogen-bond acceptors (Lipinski definition) is 9. The fourth-order valence-electron chi connectivity index (χ4n) is 6.74. The molecule has 0 bridgehead atoms. The van der Waals surface area contributed by atoms with Crippen LogP contribution >= 0.6 is 11.6 Å². The summed E-state index contributed by atoms with van der Waals surface area (Å²) in [5.74, 6) is -0.129. The van der Waals surface area contributed by atoms with Crippen LogP contribution in [0.2, 0.25) is 5.02 Å². The number of anilines is 2. The predicted molar refractivity (Wildman–Crippen MR) is 183 cm³/mol. The van der Waals surface area contributed by atoms with Crippen LogP contribution < -0.4 is 10.6 Å². The standard InChI is InChI=1S/C34H42ClN9O4/c1-19(45)15-43-13-10-27-25(17-43)37-31(41(27)4)33(47)39-23-8-6-7-22(21(23)3)30-29(35)24(9-12-36-30)40-34(48)32-38-26-18-44(16-20(2)46)14-11-28(26)42(32)5/h6-9,12,19-20,45-46H,10-11,13-18H2,1-5H3,(H,39,47)(H,36,40,48). The lowest BCUT2D eigenvalue weighted by molar-refractivity contribution is 0.100. The van der Waals surface area contributed by atoms with Gasteiger partial charge in [0.15, 0.2) is 11.6 Å². The molecule has 0 radical (unpaired) electrons. The maximum atomic E-state index is 13.5. The lowest BCUT2D eigenvalue weighted by atomic mass is 10.0. The van der Waals surface area contributed by atoms with E-state index in [4.69, 9.17) is 11.6 Å². The molecule has 0 saturated heterocycles. The number of aliphatic hydroxyl groups excluding tert-OH is 2. The first-order chi connectivity index (χ1) is 22.9. The van der Waals surface area contributed by atoms with Crippen LogP contribution in [0.3, 0.4) is 0 Å². The van der Waals surface area contributed by atoms with Gasteiger partial charge in [0.05, 0.1) is 40.0 Å². The van der Waals surface area contributed by atoms with E-state index < -0.39 is 18.1 Å². The molecule has 1 aromatic carbocycles. The third kappa shape index (κ3) is 6.74. The summed E-state index contributed by atoms with van der Waals surface area (Å²) in [7, 11) is 3.69. The van der Waals surface area contributed by atoms with Gasteiger partial charge in [-0.1, -0.05) is 23.7 Å². The highest BCUT2D eigenvalue weighted by Gasteiger charge is 2.28. The van der Waals surface area contributed by atoms with Gasteiger partial charge in [-0.2, -0.15) is 0 Å². The van der Waals surface area contributed by atoms with Crippen LogP contribution in [0.5, 0.6) is 0 Å². The van der Waals surface area contributed by atoms with E-state index in [9.17, 15) is 19.8 Å². The molecule has 0 fully saturated rings. The summed E-state index contributed by atoms with van der Waals surface area (Å²) in [5, 5.41) is 25.8. The van der Waals surface area contributed by atoms with Crippen LogP contribution in [0.15, 0.2) is 30.5 Å². The second-order valence-corrected chi connectivity index (χ2v) is 13.2. The first kappa shape index (κ1) is 33.7. The molecular formula is C34H42ClN9O4. The molecule has 2 aliphatic rings. The number of halogens is 1. The Morgan fingerprint density at radius 2 is 1.38 bits per heavy atom. The van der Waals surface area contributed by atoms with Crippen molar-refractivity contribution in [3.63, 3.8) is 0 Å². The SMILES string of the molecule is Cc1c(NC(=O)c2nc3c(n2C)CCN(CC(C)O)C3)cccc1-c1nccc(NC(=O)c2nc3c(n2C)CCN(CC(C)O)C3)c1Cl. The van der Waals surface area contributed by atoms with E-state index in [-0.39, 0.29) is 16.8 Å². The van der Waals surface area contributed by atoms with Crippen LogP contribution in [0.4, 0.5) is 11.4 Å². The van der Waals surface area contributed by atoms with Gasteiger partial charge in [0.25, 0.3) is 11.8 Å². The van der Waals surface area contributed by atoms with E-state index in [1.807, 2.05) is 48.4 Å². The number of nitrogens with zero attached hydrogens (tertiary/aromatic N) is 7. The van der Waals surface area contributed by atoms with Crippen LogP contribution in [-0.4, -0.2) is 94.3 Å². The smallest absolute Gasteiger partial charge is 0.291 e. The topological polar surface area (TPSA) is 154 Å². The summed E-state index contributed by atoms with van der Waals surface area (Å²) in [4.78, 5) is 45.1. The lowest BCUT2D eigenvalue weighted by Gasteiger charge is -2.27. The summed E-state index contributed by atoms with van der Waals surface area (Å²) in [6.07, 6.45) is 2.18. The number of carbonyl (C=O) groups is 2. The molecule has 48 heavy (non-hydrogen) atoms. The number of amides is 2. The van der Waals surface area contributed by atoms with Crippen molar-refractivity contribution in [3.8, 4) is 11.3 Å². The number of aliphatic hydroxyl groups is 2. The van der Waals surface area contributed by atoms with E-state index in [1.54, 1.807) is 26.1 Å². The van der Waals surface area contributed by atoms with Crippen molar-refractivity contribution >= 4 is 34.8 Å². The number of nitrogens with one attached hydrogen (secondary N) is 2. The van der Waals surface area contributed by atoms with Crippen molar-refractivity contribution < 1.29 is 19.8 Å². The number of hydrogen-bond donors (Lipinski definition) is 4. The molecule has 2 unspecified atom stereocenters. The molecule has 254 valence electrons. The molecule has 2 aliphatic heterocycles. The molecule has 4 aromatic rings. The number of fused-ring (bicyclic) bond motifs is 2. The molecule has 14 heteroatoms. The fraction of sp³-hybridized carbons (Fsp3) is 0.441. The lowest BCUT2D eigenvalue weighted by Crippen LogP contribution is -2.36. The first-order valence-corrected chi connectivity index (χ1v) is 16.6. The van der Waals surface area contributed by atoms with Crippen molar-refractivity contribution in [2.24, 2.45) is 14.1 Å². The normalized spacial score (nSPS) is 16.2. The van der Waals surface area contributed by atoms with Gasteiger partial charge < -0.3 is 30.0 Å². The second-order valence-electron chi connectivity index (χ2n) is 12.9. The molecule has 6 rings (SSSR count). The average Bonchev–Trinajstić information content (AvgIpc) is 3.54. The minimum Gasteiger partial charge on any atom is -0.392 e. The Balaban J connectivity index is 1.20. The Bertz CT molecular complexity index is 1730. The van der Waals surface area contributed by atoms with Crippen molar-refractivity contribution in [2.75, 3.05) is 36.8 Å². The van der Waals surface area contributed by atoms with Crippen molar-refractivity contribution in [2.45, 2.75) is 58.9 Å². The second kappa shape index (κ2) is 13.8. The number of benzene rings is 1. The van der Waals surface area contributed by atoms with Gasteiger partial charge in [-0.15, -0.1) is 0 Å². The highest BCUT2D eigenvalue weighted by molar-refractivity contribution is 6.36. The molecular weight excluding hydrogens is 634 g/mol. The van der Waals surface area contributed by atoms with E-state index in [1.165, 1.54) is 0 Å². The van der Waals surface area contributed by atoms with Crippen LogP contribution in [0, 0.1) is 6.92 Å². The van der Waals surface area contributed by atoms with Crippen molar-refractivity contribution in [1.82, 2.24) is 33.9 Å². The Morgan fingerprint density at radius 1 is 0.854 bits per heavy atom. The quantitative estimate of drug-likeness (QED) is 0.210. The molecule has 0 aliphatic carbocycles. The number of imidazole rings is 2. The summed E-state index contributed by atoms with van der Waals surface area (Å²) < 4.78 is 3.66. The van der Waals surface area contributed by atoms with E-state index in [0.29, 0.717) is 54.6 Å². The number of β-amino-alcohol motifs (C(OH)–C–C–N with tert-alkyl or cyclic N) is 2. The summed E-state index contributed by atoms with van der Waals surface area (Å²) in [5.41, 5.74) is 6.59. The van der Waals surface area contributed by atoms with Gasteiger partial charge in [-0.05, 0) is 38.5 Å². The van der Waals surface area contributed by atoms with E-state index in [0.717, 1.165) is 54.3 Å². The zero-order chi connectivity index (χ0) is 34.3. The molecule has 5 heterocycles. The average molecular weight is 676 g/mol. The number of aromatic nitrogens is 5. The Kier molecular flexibility index (Phi) is 9.68. The minimum absolute atomic E-state index is 0.262. The largest absolute Gasteiger partial charge is 0.392 e. The Morgan fingerprint density at radius 3 is 1.90 bits per heavy atom. The van der Waals surface area contributed by atoms with Gasteiger partial charge >= 0.3 is 0 Å². The molecule has 0 spiro atoms. The fourth-order valence-corrected chi connectivity index (χ4v) is 7.00. The van der Waals surface area contributed by atoms with Gasteiger partial charge in [0.2, 0.25) is 0 Å². The summed E-state index contributed by atoms with van der Waals surface area (Å²) in [6.45, 7) is 9.23. The summed E-state index contributed by atoms with van der Waals surface area (Å²) in [6, 6.07) is 7.14. The Labute approximate surface area is 284 Å². The van der Waals surface area contributed by atoms with Crippen LogP contribution in [-0.2, 0) is 40.0 Å². The minimum atomic E-state index is -0.443. The van der Waals surface area contributed by atoms with Crippen molar-refractivity contribution in [3.05, 3.63) is 75.5 Å². The molecule has 2 amide bonds. The molecule has 4 N–H and O–H groups in total. The summed E-state index contributed by atoms with van der Waals surface area (Å²) >= 11 is 6.88. The third-order valence-corrected chi connectivity index (χ3v) is 9.48. The zero-order valence-electron chi connectivity index (χ0n) is 27.9. The van der Waals surface area contributed by atoms with Gasteiger partial charge in [0, 0.05) is 95.0 Å². The molecule has 2 atom stereocenters. The van der Waals surface area contributed by atoms with Gasteiger partial charge in [-0.3, -0.25) is 24.4 Å². The highest BCUT2D eigenvalue weighted by atomic mass is 35.5. The molecule has 0 saturated carbocycles. The zero-order valence-corrected chi connectivity index (χ0v) is 28.7. The maximum absolute atomic E-state index is 13.5.